The summed E-state index contributed by atoms with van der Waals surface area (Å²) in [5.41, 5.74) is 2.28. The van der Waals surface area contributed by atoms with Crippen LogP contribution in [0.4, 0.5) is 0 Å². The number of aromatic nitrogens is 3. The highest BCUT2D eigenvalue weighted by Crippen LogP contribution is 2.30. The van der Waals surface area contributed by atoms with E-state index in [1.54, 1.807) is 23.1 Å². The van der Waals surface area contributed by atoms with Gasteiger partial charge in [0.25, 0.3) is 0 Å². The van der Waals surface area contributed by atoms with Crippen LogP contribution in [0.1, 0.15) is 11.3 Å². The second kappa shape index (κ2) is 5.76. The molecule has 0 atom stereocenters. The van der Waals surface area contributed by atoms with Crippen molar-refractivity contribution in [3.05, 3.63) is 66.1 Å². The van der Waals surface area contributed by atoms with E-state index in [4.69, 9.17) is 4.74 Å². The molecule has 2 aromatic heterocycles. The first-order valence-electron chi connectivity index (χ1n) is 6.62. The van der Waals surface area contributed by atoms with E-state index >= 15 is 0 Å². The topological polar surface area (TPSA) is 60.2 Å². The van der Waals surface area contributed by atoms with Crippen LogP contribution in [0.2, 0.25) is 0 Å². The third kappa shape index (κ3) is 2.64. The van der Waals surface area contributed by atoms with Crippen molar-refractivity contribution in [1.29, 1.82) is 0 Å². The van der Waals surface area contributed by atoms with Crippen LogP contribution in [0.5, 0.6) is 11.6 Å². The number of rotatable bonds is 4. The molecule has 0 aliphatic rings. The number of para-hydroxylation sites is 1. The number of hydrogen-bond donors (Lipinski definition) is 1. The molecule has 0 saturated carbocycles. The van der Waals surface area contributed by atoms with Crippen molar-refractivity contribution in [2.45, 2.75) is 13.5 Å². The maximum atomic E-state index is 9.59. The van der Waals surface area contributed by atoms with Crippen LogP contribution >= 0.6 is 0 Å². The maximum absolute atomic E-state index is 9.59. The van der Waals surface area contributed by atoms with E-state index in [1.165, 1.54) is 0 Å². The van der Waals surface area contributed by atoms with Gasteiger partial charge in [0.2, 0.25) is 5.88 Å². The highest BCUT2D eigenvalue weighted by Gasteiger charge is 2.18. The molecule has 0 spiro atoms. The first-order chi connectivity index (χ1) is 10.3. The molecule has 1 N–H and O–H groups in total. The van der Waals surface area contributed by atoms with E-state index in [1.807, 2.05) is 43.3 Å². The van der Waals surface area contributed by atoms with Crippen molar-refractivity contribution in [2.24, 2.45) is 0 Å². The third-order valence-electron chi connectivity index (χ3n) is 3.15. The van der Waals surface area contributed by atoms with Crippen molar-refractivity contribution in [1.82, 2.24) is 14.8 Å². The Labute approximate surface area is 122 Å². The minimum Gasteiger partial charge on any atom is -0.437 e. The first-order valence-corrected chi connectivity index (χ1v) is 6.62. The van der Waals surface area contributed by atoms with E-state index in [0.717, 1.165) is 11.4 Å². The predicted octanol–water partition coefficient (Wildman–Crippen LogP) is 2.86. The van der Waals surface area contributed by atoms with Crippen LogP contribution in [0.15, 0.2) is 54.9 Å². The molecule has 2 heterocycles. The van der Waals surface area contributed by atoms with Crippen LogP contribution in [-0.2, 0) is 6.61 Å². The quantitative estimate of drug-likeness (QED) is 0.799. The van der Waals surface area contributed by atoms with E-state index in [0.29, 0.717) is 17.2 Å². The van der Waals surface area contributed by atoms with Crippen LogP contribution in [0, 0.1) is 6.92 Å². The molecule has 3 rings (SSSR count). The van der Waals surface area contributed by atoms with Gasteiger partial charge in [-0.1, -0.05) is 18.2 Å². The van der Waals surface area contributed by atoms with E-state index < -0.39 is 0 Å². The Hall–Kier alpha value is -2.66. The lowest BCUT2D eigenvalue weighted by molar-refractivity contribution is 0.275. The van der Waals surface area contributed by atoms with Gasteiger partial charge in [0.15, 0.2) is 0 Å². The summed E-state index contributed by atoms with van der Waals surface area (Å²) in [6, 6.07) is 13.3. The number of aliphatic hydroxyl groups excluding tert-OH is 1. The fourth-order valence-corrected chi connectivity index (χ4v) is 2.09. The summed E-state index contributed by atoms with van der Waals surface area (Å²) in [7, 11) is 0. The van der Waals surface area contributed by atoms with E-state index in [9.17, 15) is 5.11 Å². The lowest BCUT2D eigenvalue weighted by Crippen LogP contribution is -2.00. The second-order valence-corrected chi connectivity index (χ2v) is 4.57. The van der Waals surface area contributed by atoms with Crippen LogP contribution in [0.3, 0.4) is 0 Å². The van der Waals surface area contributed by atoms with Gasteiger partial charge < -0.3 is 9.84 Å². The van der Waals surface area contributed by atoms with Crippen molar-refractivity contribution in [3.8, 4) is 17.3 Å². The van der Waals surface area contributed by atoms with Crippen molar-refractivity contribution < 1.29 is 9.84 Å². The predicted molar refractivity (Wildman–Crippen MR) is 78.5 cm³/mol. The zero-order valence-corrected chi connectivity index (χ0v) is 11.6. The lowest BCUT2D eigenvalue weighted by Gasteiger charge is -2.10. The fraction of sp³-hybridized carbons (Fsp3) is 0.125. The molecule has 0 aliphatic carbocycles. The number of benzene rings is 1. The summed E-state index contributed by atoms with van der Waals surface area (Å²) >= 11 is 0. The van der Waals surface area contributed by atoms with Gasteiger partial charge in [-0.05, 0) is 31.2 Å². The Morgan fingerprint density at radius 3 is 2.62 bits per heavy atom. The van der Waals surface area contributed by atoms with Gasteiger partial charge >= 0.3 is 0 Å². The molecular weight excluding hydrogens is 266 g/mol. The molecule has 0 fully saturated rings. The summed E-state index contributed by atoms with van der Waals surface area (Å²) in [5.74, 6) is 1.11. The van der Waals surface area contributed by atoms with Crippen LogP contribution < -0.4 is 4.74 Å². The third-order valence-corrected chi connectivity index (χ3v) is 3.15. The summed E-state index contributed by atoms with van der Waals surface area (Å²) in [6.07, 6.45) is 3.30. The van der Waals surface area contributed by atoms with Gasteiger partial charge in [0.05, 0.1) is 29.7 Å². The van der Waals surface area contributed by atoms with Crippen LogP contribution in [0.25, 0.3) is 5.69 Å². The molecular formula is C16H15N3O2. The van der Waals surface area contributed by atoms with Crippen LogP contribution in [-0.4, -0.2) is 19.9 Å². The molecule has 0 aliphatic heterocycles. The average molecular weight is 281 g/mol. The van der Waals surface area contributed by atoms with Gasteiger partial charge in [0.1, 0.15) is 5.75 Å². The zero-order chi connectivity index (χ0) is 14.7. The normalized spacial score (nSPS) is 10.6. The second-order valence-electron chi connectivity index (χ2n) is 4.57. The Kier molecular flexibility index (Phi) is 3.66. The van der Waals surface area contributed by atoms with E-state index in [-0.39, 0.29) is 6.61 Å². The molecule has 0 radical (unpaired) electrons. The van der Waals surface area contributed by atoms with Gasteiger partial charge in [0, 0.05) is 6.20 Å². The van der Waals surface area contributed by atoms with Crippen molar-refractivity contribution >= 4 is 0 Å². The summed E-state index contributed by atoms with van der Waals surface area (Å²) < 4.78 is 7.57. The summed E-state index contributed by atoms with van der Waals surface area (Å²) in [4.78, 5) is 4.03. The lowest BCUT2D eigenvalue weighted by atomic mass is 10.2. The van der Waals surface area contributed by atoms with E-state index in [2.05, 4.69) is 10.1 Å². The number of pyridine rings is 1. The van der Waals surface area contributed by atoms with Gasteiger partial charge in [-0.2, -0.15) is 5.10 Å². The standard InChI is InChI=1S/C16H15N3O2/c1-12-15(11-20)16(21-14-8-5-9-17-10-14)19(18-12)13-6-3-2-4-7-13/h2-10,20H,11H2,1H3. The molecule has 0 amide bonds. The SMILES string of the molecule is Cc1nn(-c2ccccc2)c(Oc2cccnc2)c1CO. The number of ether oxygens (including phenoxy) is 1. The Bertz CT molecular complexity index is 724. The van der Waals surface area contributed by atoms with Crippen molar-refractivity contribution in [2.75, 3.05) is 0 Å². The zero-order valence-electron chi connectivity index (χ0n) is 11.6. The molecule has 21 heavy (non-hydrogen) atoms. The molecule has 0 unspecified atom stereocenters. The Morgan fingerprint density at radius 2 is 1.95 bits per heavy atom. The highest BCUT2D eigenvalue weighted by molar-refractivity contribution is 5.42. The Morgan fingerprint density at radius 1 is 1.14 bits per heavy atom. The fourth-order valence-electron chi connectivity index (χ4n) is 2.09. The molecule has 106 valence electrons. The first kappa shape index (κ1) is 13.3. The molecule has 5 nitrogen and oxygen atoms in total. The highest BCUT2D eigenvalue weighted by atomic mass is 16.5. The number of aliphatic hydroxyl groups is 1. The maximum Gasteiger partial charge on any atom is 0.228 e. The minimum absolute atomic E-state index is 0.131. The van der Waals surface area contributed by atoms with Gasteiger partial charge in [-0.3, -0.25) is 4.98 Å². The molecule has 3 aromatic rings. The minimum atomic E-state index is -0.131. The molecule has 0 bridgehead atoms. The molecule has 5 heteroatoms. The smallest absolute Gasteiger partial charge is 0.228 e. The Balaban J connectivity index is 2.09. The number of hydrogen-bond acceptors (Lipinski definition) is 4. The van der Waals surface area contributed by atoms with Gasteiger partial charge in [-0.15, -0.1) is 0 Å². The number of aryl methyl sites for hydroxylation is 1. The molecule has 1 aromatic carbocycles. The van der Waals surface area contributed by atoms with Crippen molar-refractivity contribution in [3.63, 3.8) is 0 Å². The van der Waals surface area contributed by atoms with Gasteiger partial charge in [-0.25, -0.2) is 4.68 Å². The number of nitrogens with zero attached hydrogens (tertiary/aromatic N) is 3. The summed E-state index contributed by atoms with van der Waals surface area (Å²) in [6.45, 7) is 1.72. The average Bonchev–Trinajstić information content (AvgIpc) is 2.85. The monoisotopic (exact) mass is 281 g/mol. The summed E-state index contributed by atoms with van der Waals surface area (Å²) in [5, 5.41) is 14.0. The molecule has 0 saturated heterocycles. The largest absolute Gasteiger partial charge is 0.437 e.